The SMILES string of the molecule is CCCCCCOc1cc(F)cc(C=NN=C(N)N)c1. The normalized spacial score (nSPS) is 10.7. The molecule has 0 aliphatic carbocycles. The van der Waals surface area contributed by atoms with Crippen molar-refractivity contribution in [2.75, 3.05) is 6.61 Å². The highest BCUT2D eigenvalue weighted by atomic mass is 19.1. The molecule has 0 heterocycles. The molecule has 20 heavy (non-hydrogen) atoms. The first-order valence-electron chi connectivity index (χ1n) is 6.67. The third kappa shape index (κ3) is 6.72. The Labute approximate surface area is 118 Å². The number of nitrogens with two attached hydrogens (primary N) is 2. The van der Waals surface area contributed by atoms with Gasteiger partial charge >= 0.3 is 0 Å². The predicted molar refractivity (Wildman–Crippen MR) is 79.4 cm³/mol. The van der Waals surface area contributed by atoms with Gasteiger partial charge < -0.3 is 16.2 Å². The van der Waals surface area contributed by atoms with Gasteiger partial charge in [-0.2, -0.15) is 5.10 Å². The molecule has 0 aliphatic heterocycles. The number of hydrogen-bond acceptors (Lipinski definition) is 3. The highest BCUT2D eigenvalue weighted by Gasteiger charge is 2.00. The van der Waals surface area contributed by atoms with Crippen LogP contribution in [-0.4, -0.2) is 18.8 Å². The van der Waals surface area contributed by atoms with Crippen LogP contribution in [0.25, 0.3) is 0 Å². The Balaban J connectivity index is 2.57. The van der Waals surface area contributed by atoms with E-state index in [9.17, 15) is 4.39 Å². The van der Waals surface area contributed by atoms with Crippen LogP contribution in [0.3, 0.4) is 0 Å². The number of ether oxygens (including phenoxy) is 1. The molecule has 0 aliphatic rings. The number of halogens is 1. The Morgan fingerprint density at radius 3 is 2.75 bits per heavy atom. The average molecular weight is 280 g/mol. The molecule has 0 saturated heterocycles. The molecule has 110 valence electrons. The second-order valence-electron chi connectivity index (χ2n) is 4.40. The number of unbranched alkanes of at least 4 members (excludes halogenated alkanes) is 3. The fourth-order valence-electron chi connectivity index (χ4n) is 1.62. The van der Waals surface area contributed by atoms with Gasteiger partial charge in [-0.25, -0.2) is 4.39 Å². The number of rotatable bonds is 8. The molecule has 0 radical (unpaired) electrons. The zero-order valence-corrected chi connectivity index (χ0v) is 11.7. The Morgan fingerprint density at radius 2 is 2.05 bits per heavy atom. The van der Waals surface area contributed by atoms with E-state index in [0.717, 1.165) is 12.8 Å². The van der Waals surface area contributed by atoms with Crippen LogP contribution >= 0.6 is 0 Å². The molecule has 1 aromatic rings. The molecule has 1 rings (SSSR count). The van der Waals surface area contributed by atoms with Gasteiger partial charge in [0, 0.05) is 11.6 Å². The summed E-state index contributed by atoms with van der Waals surface area (Å²) in [6.07, 6.45) is 5.80. The van der Waals surface area contributed by atoms with Crippen LogP contribution in [-0.2, 0) is 0 Å². The van der Waals surface area contributed by atoms with E-state index in [1.54, 1.807) is 6.07 Å². The lowest BCUT2D eigenvalue weighted by molar-refractivity contribution is 0.303. The molecule has 1 aromatic carbocycles. The summed E-state index contributed by atoms with van der Waals surface area (Å²) < 4.78 is 18.9. The van der Waals surface area contributed by atoms with Crippen LogP contribution < -0.4 is 16.2 Å². The molecule has 5 nitrogen and oxygen atoms in total. The van der Waals surface area contributed by atoms with Crippen LogP contribution in [0.2, 0.25) is 0 Å². The minimum absolute atomic E-state index is 0.148. The quantitative estimate of drug-likeness (QED) is 0.332. The third-order valence-electron chi connectivity index (χ3n) is 2.54. The standard InChI is InChI=1S/C14H21FN4O/c1-2-3-4-5-6-20-13-8-11(7-12(15)9-13)10-18-19-14(16)17/h7-10H,2-6H2,1H3,(H4,16,17,19). The largest absolute Gasteiger partial charge is 0.493 e. The smallest absolute Gasteiger partial charge is 0.211 e. The summed E-state index contributed by atoms with van der Waals surface area (Å²) in [4.78, 5) is 0. The van der Waals surface area contributed by atoms with Gasteiger partial charge in [0.2, 0.25) is 5.96 Å². The average Bonchev–Trinajstić information content (AvgIpc) is 2.37. The van der Waals surface area contributed by atoms with Gasteiger partial charge in [-0.1, -0.05) is 26.2 Å². The van der Waals surface area contributed by atoms with E-state index in [2.05, 4.69) is 17.1 Å². The van der Waals surface area contributed by atoms with Gasteiger partial charge in [0.15, 0.2) is 0 Å². The van der Waals surface area contributed by atoms with Crippen molar-refractivity contribution in [3.63, 3.8) is 0 Å². The summed E-state index contributed by atoms with van der Waals surface area (Å²) in [5.41, 5.74) is 10.8. The molecular formula is C14H21FN4O. The number of hydrogen-bond donors (Lipinski definition) is 2. The maximum Gasteiger partial charge on any atom is 0.211 e. The number of guanidine groups is 1. The highest BCUT2D eigenvalue weighted by molar-refractivity contribution is 5.82. The van der Waals surface area contributed by atoms with E-state index in [1.165, 1.54) is 31.2 Å². The van der Waals surface area contributed by atoms with Crippen molar-refractivity contribution < 1.29 is 9.13 Å². The molecule has 0 fully saturated rings. The van der Waals surface area contributed by atoms with Gasteiger partial charge in [-0.3, -0.25) is 0 Å². The molecule has 0 amide bonds. The lowest BCUT2D eigenvalue weighted by atomic mass is 10.2. The molecule has 4 N–H and O–H groups in total. The van der Waals surface area contributed by atoms with Crippen molar-refractivity contribution in [1.29, 1.82) is 0 Å². The third-order valence-corrected chi connectivity index (χ3v) is 2.54. The summed E-state index contributed by atoms with van der Waals surface area (Å²) in [5, 5.41) is 7.09. The fourth-order valence-corrected chi connectivity index (χ4v) is 1.62. The summed E-state index contributed by atoms with van der Waals surface area (Å²) >= 11 is 0. The lowest BCUT2D eigenvalue weighted by Gasteiger charge is -2.06. The number of nitrogens with zero attached hydrogens (tertiary/aromatic N) is 2. The molecule has 0 spiro atoms. The maximum absolute atomic E-state index is 13.4. The van der Waals surface area contributed by atoms with Gasteiger partial charge in [-0.15, -0.1) is 5.10 Å². The van der Waals surface area contributed by atoms with E-state index in [1.807, 2.05) is 0 Å². The van der Waals surface area contributed by atoms with Crippen molar-refractivity contribution in [3.8, 4) is 5.75 Å². The summed E-state index contributed by atoms with van der Waals surface area (Å²) in [7, 11) is 0. The fraction of sp³-hybridized carbons (Fsp3) is 0.429. The predicted octanol–water partition coefficient (Wildman–Crippen LogP) is 2.39. The highest BCUT2D eigenvalue weighted by Crippen LogP contribution is 2.16. The Hall–Kier alpha value is -2.11. The van der Waals surface area contributed by atoms with Gasteiger partial charge in [0.25, 0.3) is 0 Å². The Morgan fingerprint density at radius 1 is 1.25 bits per heavy atom. The van der Waals surface area contributed by atoms with Gasteiger partial charge in [0.05, 0.1) is 12.8 Å². The van der Waals surface area contributed by atoms with E-state index >= 15 is 0 Å². The van der Waals surface area contributed by atoms with Crippen LogP contribution in [0, 0.1) is 5.82 Å². The molecule has 6 heteroatoms. The second kappa shape index (κ2) is 8.90. The second-order valence-corrected chi connectivity index (χ2v) is 4.40. The zero-order valence-electron chi connectivity index (χ0n) is 11.7. The number of benzene rings is 1. The summed E-state index contributed by atoms with van der Waals surface area (Å²) in [5.74, 6) is -0.0556. The van der Waals surface area contributed by atoms with Crippen LogP contribution in [0.5, 0.6) is 5.75 Å². The van der Waals surface area contributed by atoms with Crippen LogP contribution in [0.1, 0.15) is 38.2 Å². The van der Waals surface area contributed by atoms with Crippen molar-refractivity contribution in [1.82, 2.24) is 0 Å². The summed E-state index contributed by atoms with van der Waals surface area (Å²) in [6.45, 7) is 2.73. The van der Waals surface area contributed by atoms with E-state index in [0.29, 0.717) is 17.9 Å². The van der Waals surface area contributed by atoms with E-state index in [4.69, 9.17) is 16.2 Å². The minimum Gasteiger partial charge on any atom is -0.493 e. The molecule has 0 atom stereocenters. The topological polar surface area (TPSA) is 86.0 Å². The first kappa shape index (κ1) is 15.9. The monoisotopic (exact) mass is 280 g/mol. The van der Waals surface area contributed by atoms with Crippen LogP contribution in [0.15, 0.2) is 28.4 Å². The molecule has 0 unspecified atom stereocenters. The lowest BCUT2D eigenvalue weighted by Crippen LogP contribution is -2.21. The van der Waals surface area contributed by atoms with Gasteiger partial charge in [-0.05, 0) is 18.6 Å². The molecule has 0 saturated carbocycles. The molecule has 0 aromatic heterocycles. The first-order chi connectivity index (χ1) is 9.61. The molecule has 0 bridgehead atoms. The van der Waals surface area contributed by atoms with Crippen molar-refractivity contribution in [2.24, 2.45) is 21.7 Å². The van der Waals surface area contributed by atoms with Crippen LogP contribution in [0.4, 0.5) is 4.39 Å². The van der Waals surface area contributed by atoms with Gasteiger partial charge in [0.1, 0.15) is 11.6 Å². The van der Waals surface area contributed by atoms with E-state index in [-0.39, 0.29) is 11.8 Å². The summed E-state index contributed by atoms with van der Waals surface area (Å²) in [6, 6.07) is 4.36. The molecular weight excluding hydrogens is 259 g/mol. The minimum atomic E-state index is -0.387. The Kier molecular flexibility index (Phi) is 7.10. The first-order valence-corrected chi connectivity index (χ1v) is 6.67. The van der Waals surface area contributed by atoms with Crippen molar-refractivity contribution >= 4 is 12.2 Å². The zero-order chi connectivity index (χ0) is 14.8. The maximum atomic E-state index is 13.4. The van der Waals surface area contributed by atoms with Crippen molar-refractivity contribution in [3.05, 3.63) is 29.6 Å². The van der Waals surface area contributed by atoms with Crippen molar-refractivity contribution in [2.45, 2.75) is 32.6 Å². The van der Waals surface area contributed by atoms with E-state index < -0.39 is 0 Å². The Bertz CT molecular complexity index is 470.